The Morgan fingerprint density at radius 3 is 2.66 bits per heavy atom. The lowest BCUT2D eigenvalue weighted by molar-refractivity contribution is -0.131. The molecule has 1 saturated heterocycles. The number of ether oxygens (including phenoxy) is 1. The molecule has 0 saturated carbocycles. The summed E-state index contributed by atoms with van der Waals surface area (Å²) in [5.74, 6) is -0.0665. The number of aryl methyl sites for hydroxylation is 1. The van der Waals surface area contributed by atoms with E-state index in [0.29, 0.717) is 56.0 Å². The normalized spacial score (nSPS) is 19.6. The zero-order valence-electron chi connectivity index (χ0n) is 23.9. The molecule has 2 amide bonds. The fraction of sp³-hybridized carbons (Fsp3) is 0.419. The molecule has 218 valence electrons. The largest absolute Gasteiger partial charge is 0.489 e. The molecule has 1 aliphatic heterocycles. The van der Waals surface area contributed by atoms with E-state index in [1.165, 1.54) is 0 Å². The standard InChI is InChI=1S/C31H39N5O5/c1-4-14-31(18-23(17-29(37)35-40)13-15-36(31)19-22(3)34-39)33-30(38)24-9-11-26(12-10-24)41-20-25-16-21(2)32-28-8-6-5-7-27(25)28/h5-12,16,23,39-40H,4,13-15,17-20H2,1-3H3,(H,33,38)(H,35,37)/t23?,31-/m1/s1. The van der Waals surface area contributed by atoms with Gasteiger partial charge in [0.2, 0.25) is 5.91 Å². The quantitative estimate of drug-likeness (QED) is 0.114. The van der Waals surface area contributed by atoms with Crippen LogP contribution in [0.3, 0.4) is 0 Å². The Bertz CT molecular complexity index is 1390. The second kappa shape index (κ2) is 13.6. The minimum absolute atomic E-state index is 0.0275. The van der Waals surface area contributed by atoms with Gasteiger partial charge in [0, 0.05) is 41.7 Å². The highest BCUT2D eigenvalue weighted by molar-refractivity contribution is 5.95. The monoisotopic (exact) mass is 561 g/mol. The summed E-state index contributed by atoms with van der Waals surface area (Å²) in [5.41, 5.74) is 4.89. The number of likely N-dealkylation sites (tertiary alicyclic amines) is 1. The molecule has 0 aliphatic carbocycles. The van der Waals surface area contributed by atoms with Crippen molar-refractivity contribution >= 4 is 28.4 Å². The summed E-state index contributed by atoms with van der Waals surface area (Å²) in [7, 11) is 0. The van der Waals surface area contributed by atoms with Gasteiger partial charge in [0.05, 0.1) is 16.9 Å². The molecular formula is C31H39N5O5. The molecule has 41 heavy (non-hydrogen) atoms. The summed E-state index contributed by atoms with van der Waals surface area (Å²) in [4.78, 5) is 32.2. The number of fused-ring (bicyclic) bond motifs is 1. The highest BCUT2D eigenvalue weighted by atomic mass is 16.5. The van der Waals surface area contributed by atoms with Gasteiger partial charge in [-0.15, -0.1) is 0 Å². The van der Waals surface area contributed by atoms with Gasteiger partial charge in [-0.3, -0.25) is 24.7 Å². The zero-order chi connectivity index (χ0) is 29.4. The first-order chi connectivity index (χ1) is 19.8. The van der Waals surface area contributed by atoms with Crippen LogP contribution in [0.15, 0.2) is 59.8 Å². The number of nitrogens with zero attached hydrogens (tertiary/aromatic N) is 3. The average molecular weight is 562 g/mol. The van der Waals surface area contributed by atoms with Crippen molar-refractivity contribution in [3.05, 3.63) is 71.4 Å². The molecule has 4 rings (SSSR count). The predicted molar refractivity (Wildman–Crippen MR) is 156 cm³/mol. The fourth-order valence-corrected chi connectivity index (χ4v) is 5.81. The second-order valence-electron chi connectivity index (χ2n) is 10.8. The lowest BCUT2D eigenvalue weighted by atomic mass is 9.81. The van der Waals surface area contributed by atoms with Crippen molar-refractivity contribution in [2.24, 2.45) is 11.1 Å². The second-order valence-corrected chi connectivity index (χ2v) is 10.8. The zero-order valence-corrected chi connectivity index (χ0v) is 23.9. The van der Waals surface area contributed by atoms with Crippen LogP contribution in [0.4, 0.5) is 0 Å². The van der Waals surface area contributed by atoms with E-state index in [9.17, 15) is 14.8 Å². The molecule has 3 aromatic rings. The molecular weight excluding hydrogens is 522 g/mol. The topological polar surface area (TPSA) is 136 Å². The highest BCUT2D eigenvalue weighted by Crippen LogP contribution is 2.36. The third-order valence-electron chi connectivity index (χ3n) is 7.68. The number of nitrogens with one attached hydrogen (secondary N) is 2. The van der Waals surface area contributed by atoms with E-state index in [4.69, 9.17) is 9.94 Å². The van der Waals surface area contributed by atoms with Crippen LogP contribution in [-0.4, -0.2) is 56.6 Å². The third kappa shape index (κ3) is 7.39. The number of hydrogen-bond acceptors (Lipinski definition) is 8. The number of carbonyl (C=O) groups is 2. The number of hydroxylamine groups is 1. The van der Waals surface area contributed by atoms with Crippen molar-refractivity contribution in [3.8, 4) is 5.75 Å². The Kier molecular flexibility index (Phi) is 9.91. The van der Waals surface area contributed by atoms with Crippen molar-refractivity contribution in [2.45, 2.75) is 65.1 Å². The molecule has 0 radical (unpaired) electrons. The summed E-state index contributed by atoms with van der Waals surface area (Å²) in [6.45, 7) is 7.10. The van der Waals surface area contributed by atoms with Crippen LogP contribution in [0, 0.1) is 12.8 Å². The van der Waals surface area contributed by atoms with Gasteiger partial charge >= 0.3 is 0 Å². The molecule has 0 bridgehead atoms. The number of aromatic nitrogens is 1. The van der Waals surface area contributed by atoms with Crippen molar-refractivity contribution in [3.63, 3.8) is 0 Å². The molecule has 1 aliphatic rings. The van der Waals surface area contributed by atoms with Crippen LogP contribution >= 0.6 is 0 Å². The minimum Gasteiger partial charge on any atom is -0.489 e. The number of benzene rings is 2. The molecule has 1 aromatic heterocycles. The number of piperidine rings is 1. The lowest BCUT2D eigenvalue weighted by Gasteiger charge is -2.50. The number of oxime groups is 1. The first-order valence-electron chi connectivity index (χ1n) is 14.0. The van der Waals surface area contributed by atoms with Gasteiger partial charge in [0.15, 0.2) is 0 Å². The van der Waals surface area contributed by atoms with Gasteiger partial charge in [-0.05, 0) is 75.4 Å². The first kappa shape index (κ1) is 30.0. The van der Waals surface area contributed by atoms with Gasteiger partial charge in [0.1, 0.15) is 12.4 Å². The van der Waals surface area contributed by atoms with Crippen LogP contribution in [0.25, 0.3) is 10.9 Å². The van der Waals surface area contributed by atoms with Crippen LogP contribution in [0.1, 0.15) is 67.6 Å². The molecule has 0 spiro atoms. The van der Waals surface area contributed by atoms with Crippen LogP contribution in [0.2, 0.25) is 0 Å². The Morgan fingerprint density at radius 2 is 1.95 bits per heavy atom. The van der Waals surface area contributed by atoms with E-state index < -0.39 is 11.6 Å². The average Bonchev–Trinajstić information content (AvgIpc) is 2.97. The number of para-hydroxylation sites is 1. The van der Waals surface area contributed by atoms with E-state index in [0.717, 1.165) is 28.6 Å². The van der Waals surface area contributed by atoms with Gasteiger partial charge < -0.3 is 15.3 Å². The number of amides is 2. The Hall–Kier alpha value is -4.02. The van der Waals surface area contributed by atoms with Gasteiger partial charge in [0.25, 0.3) is 5.91 Å². The molecule has 10 nitrogen and oxygen atoms in total. The molecule has 1 fully saturated rings. The van der Waals surface area contributed by atoms with Crippen molar-refractivity contribution in [2.75, 3.05) is 13.1 Å². The Labute approximate surface area is 240 Å². The van der Waals surface area contributed by atoms with Gasteiger partial charge in [-0.1, -0.05) is 36.7 Å². The molecule has 2 aromatic carbocycles. The molecule has 2 heterocycles. The van der Waals surface area contributed by atoms with Crippen LogP contribution in [0.5, 0.6) is 5.75 Å². The lowest BCUT2D eigenvalue weighted by Crippen LogP contribution is -2.65. The molecule has 1 unspecified atom stereocenters. The van der Waals surface area contributed by atoms with E-state index in [2.05, 4.69) is 20.4 Å². The third-order valence-corrected chi connectivity index (χ3v) is 7.68. The number of hydrogen-bond donors (Lipinski definition) is 4. The number of pyridine rings is 1. The number of rotatable bonds is 11. The van der Waals surface area contributed by atoms with Crippen molar-refractivity contribution in [1.82, 2.24) is 20.7 Å². The molecule has 10 heteroatoms. The summed E-state index contributed by atoms with van der Waals surface area (Å²) < 4.78 is 6.07. The highest BCUT2D eigenvalue weighted by Gasteiger charge is 2.43. The summed E-state index contributed by atoms with van der Waals surface area (Å²) >= 11 is 0. The van der Waals surface area contributed by atoms with Gasteiger partial charge in [-0.2, -0.15) is 0 Å². The minimum atomic E-state index is -0.744. The number of carbonyl (C=O) groups excluding carboxylic acids is 2. The fourth-order valence-electron chi connectivity index (χ4n) is 5.81. The van der Waals surface area contributed by atoms with E-state index in [1.807, 2.05) is 44.2 Å². The van der Waals surface area contributed by atoms with Crippen molar-refractivity contribution < 1.29 is 24.7 Å². The maximum Gasteiger partial charge on any atom is 0.252 e. The summed E-state index contributed by atoms with van der Waals surface area (Å²) in [6, 6.07) is 17.0. The van der Waals surface area contributed by atoms with E-state index in [-0.39, 0.29) is 18.2 Å². The van der Waals surface area contributed by atoms with Crippen molar-refractivity contribution in [1.29, 1.82) is 0 Å². The van der Waals surface area contributed by atoms with E-state index >= 15 is 0 Å². The summed E-state index contributed by atoms with van der Waals surface area (Å²) in [5, 5.41) is 26.0. The van der Waals surface area contributed by atoms with Crippen LogP contribution < -0.4 is 15.5 Å². The maximum atomic E-state index is 13.6. The Morgan fingerprint density at radius 1 is 1.20 bits per heavy atom. The SMILES string of the molecule is CCC[C@]1(NC(=O)c2ccc(OCc3cc(C)nc4ccccc34)cc2)CC(CC(=O)NO)CCN1CC(C)=NO. The van der Waals surface area contributed by atoms with Crippen LogP contribution in [-0.2, 0) is 11.4 Å². The predicted octanol–water partition coefficient (Wildman–Crippen LogP) is 4.81. The maximum absolute atomic E-state index is 13.6. The first-order valence-corrected chi connectivity index (χ1v) is 14.0. The smallest absolute Gasteiger partial charge is 0.252 e. The Balaban J connectivity index is 1.50. The van der Waals surface area contributed by atoms with Gasteiger partial charge in [-0.25, -0.2) is 5.48 Å². The van der Waals surface area contributed by atoms with E-state index in [1.54, 1.807) is 36.7 Å². The molecule has 4 N–H and O–H groups in total. The molecule has 2 atom stereocenters. The summed E-state index contributed by atoms with van der Waals surface area (Å²) in [6.07, 6.45) is 2.85.